The zero-order valence-electron chi connectivity index (χ0n) is 15.3. The summed E-state index contributed by atoms with van der Waals surface area (Å²) < 4.78 is 14.4. The Morgan fingerprint density at radius 1 is 1.19 bits per heavy atom. The van der Waals surface area contributed by atoms with Crippen LogP contribution in [0.2, 0.25) is 0 Å². The third-order valence-corrected chi connectivity index (χ3v) is 4.95. The van der Waals surface area contributed by atoms with Gasteiger partial charge >= 0.3 is 0 Å². The number of halogens is 1. The molecule has 3 atom stereocenters. The summed E-state index contributed by atoms with van der Waals surface area (Å²) in [5.74, 6) is -0.925. The number of benzene rings is 2. The lowest BCUT2D eigenvalue weighted by atomic mass is 9.73. The van der Waals surface area contributed by atoms with Crippen LogP contribution in [0, 0.1) is 17.1 Å². The number of amides is 1. The first-order valence-corrected chi connectivity index (χ1v) is 8.79. The highest BCUT2D eigenvalue weighted by Gasteiger charge is 2.52. The lowest BCUT2D eigenvalue weighted by Crippen LogP contribution is -2.66. The Kier molecular flexibility index (Phi) is 5.54. The molecule has 6 heteroatoms. The van der Waals surface area contributed by atoms with Crippen LogP contribution in [-0.2, 0) is 4.79 Å². The van der Waals surface area contributed by atoms with Gasteiger partial charge in [-0.15, -0.1) is 0 Å². The highest BCUT2D eigenvalue weighted by molar-refractivity contribution is 5.81. The monoisotopic (exact) mass is 367 g/mol. The van der Waals surface area contributed by atoms with Crippen LogP contribution in [0.5, 0.6) is 0 Å². The van der Waals surface area contributed by atoms with Gasteiger partial charge in [-0.3, -0.25) is 4.79 Å². The highest BCUT2D eigenvalue weighted by Crippen LogP contribution is 2.44. The predicted octanol–water partition coefficient (Wildman–Crippen LogP) is 2.23. The van der Waals surface area contributed by atoms with Gasteiger partial charge < -0.3 is 14.9 Å². The van der Waals surface area contributed by atoms with Crippen molar-refractivity contribution in [3.05, 3.63) is 59.9 Å². The van der Waals surface area contributed by atoms with Crippen LogP contribution < -0.4 is 0 Å². The van der Waals surface area contributed by atoms with Gasteiger partial charge in [0.15, 0.2) is 0 Å². The maximum atomic E-state index is 14.4. The van der Waals surface area contributed by atoms with Crippen LogP contribution in [0.25, 0.3) is 11.1 Å². The number of hydrogen-bond acceptors (Lipinski definition) is 4. The number of nitriles is 1. The van der Waals surface area contributed by atoms with E-state index >= 15 is 0 Å². The number of aliphatic hydroxyl groups excluding tert-OH is 1. The Balaban J connectivity index is 2.01. The molecule has 0 bridgehead atoms. The Morgan fingerprint density at radius 3 is 2.41 bits per heavy atom. The molecular weight excluding hydrogens is 345 g/mol. The van der Waals surface area contributed by atoms with Crippen LogP contribution in [0.15, 0.2) is 48.5 Å². The molecule has 27 heavy (non-hydrogen) atoms. The Bertz CT molecular complexity index is 878. The Hall–Kier alpha value is -2.75. The minimum Gasteiger partial charge on any atom is -0.394 e. The molecule has 1 amide bonds. The largest absolute Gasteiger partial charge is 0.394 e. The molecule has 0 aliphatic carbocycles. The number of hydrogen-bond donors (Lipinski definition) is 1. The smallest absolute Gasteiger partial charge is 0.238 e. The van der Waals surface area contributed by atoms with Crippen LogP contribution in [0.4, 0.5) is 4.39 Å². The van der Waals surface area contributed by atoms with E-state index in [1.165, 1.54) is 11.0 Å². The lowest BCUT2D eigenvalue weighted by molar-refractivity contribution is -0.147. The topological polar surface area (TPSA) is 67.6 Å². The SMILES string of the molecule is CN(C)CC(=O)N1[C@H](CO)[C@H](c2ccccc2-c2ccccc2F)[C@@H]1C#N. The summed E-state index contributed by atoms with van der Waals surface area (Å²) in [4.78, 5) is 15.7. The number of nitrogens with zero attached hydrogens (tertiary/aromatic N) is 3. The summed E-state index contributed by atoms with van der Waals surface area (Å²) in [5, 5.41) is 19.6. The number of carbonyl (C=O) groups excluding carboxylic acids is 1. The van der Waals surface area contributed by atoms with Crippen molar-refractivity contribution in [1.82, 2.24) is 9.80 Å². The van der Waals surface area contributed by atoms with Crippen molar-refractivity contribution in [1.29, 1.82) is 5.26 Å². The van der Waals surface area contributed by atoms with Gasteiger partial charge in [0.1, 0.15) is 11.9 Å². The van der Waals surface area contributed by atoms with Gasteiger partial charge in [0.2, 0.25) is 5.91 Å². The summed E-state index contributed by atoms with van der Waals surface area (Å²) in [5.41, 5.74) is 1.89. The molecule has 0 radical (unpaired) electrons. The number of carbonyl (C=O) groups is 1. The number of aliphatic hydroxyl groups is 1. The van der Waals surface area contributed by atoms with E-state index < -0.39 is 12.1 Å². The molecule has 1 aliphatic heterocycles. The zero-order valence-corrected chi connectivity index (χ0v) is 15.3. The molecule has 0 aromatic heterocycles. The molecule has 3 rings (SSSR count). The van der Waals surface area contributed by atoms with Gasteiger partial charge in [-0.2, -0.15) is 5.26 Å². The van der Waals surface area contributed by atoms with Gasteiger partial charge in [-0.05, 0) is 31.3 Å². The van der Waals surface area contributed by atoms with E-state index in [2.05, 4.69) is 6.07 Å². The second-order valence-corrected chi connectivity index (χ2v) is 6.96. The second kappa shape index (κ2) is 7.87. The van der Waals surface area contributed by atoms with Crippen LogP contribution >= 0.6 is 0 Å². The molecule has 0 saturated carbocycles. The molecule has 2 aromatic carbocycles. The van der Waals surface area contributed by atoms with Crippen molar-refractivity contribution < 1.29 is 14.3 Å². The Labute approximate surface area is 158 Å². The molecule has 5 nitrogen and oxygen atoms in total. The number of likely N-dealkylation sites (tertiary alicyclic amines) is 1. The lowest BCUT2D eigenvalue weighted by Gasteiger charge is -2.52. The van der Waals surface area contributed by atoms with E-state index in [1.54, 1.807) is 43.3 Å². The number of likely N-dealkylation sites (N-methyl/N-ethyl adjacent to an activating group) is 1. The summed E-state index contributed by atoms with van der Waals surface area (Å²) in [7, 11) is 3.55. The molecular formula is C21H22FN3O2. The molecule has 1 fully saturated rings. The summed E-state index contributed by atoms with van der Waals surface area (Å²) in [6.07, 6.45) is 0. The van der Waals surface area contributed by atoms with E-state index in [4.69, 9.17) is 0 Å². The van der Waals surface area contributed by atoms with Crippen molar-refractivity contribution in [3.63, 3.8) is 0 Å². The normalized spacial score (nSPS) is 21.6. The summed E-state index contributed by atoms with van der Waals surface area (Å²) in [6.45, 7) is -0.0933. The standard InChI is InChI=1S/C21H22FN3O2/c1-24(2)12-20(27)25-18(11-23)21(19(25)13-26)16-9-4-3-7-14(16)15-8-5-6-10-17(15)22/h3-10,18-19,21,26H,12-13H2,1-2H3/t18-,19+,21+/m0/s1. The molecule has 2 aromatic rings. The predicted molar refractivity (Wildman–Crippen MR) is 100 cm³/mol. The molecule has 0 spiro atoms. The first kappa shape index (κ1) is 19.0. The fourth-order valence-corrected chi connectivity index (χ4v) is 3.79. The third kappa shape index (κ3) is 3.44. The van der Waals surface area contributed by atoms with Crippen LogP contribution in [0.1, 0.15) is 11.5 Å². The van der Waals surface area contributed by atoms with E-state index in [1.807, 2.05) is 18.2 Å². The minimum absolute atomic E-state index is 0.163. The van der Waals surface area contributed by atoms with Gasteiger partial charge in [-0.1, -0.05) is 42.5 Å². The van der Waals surface area contributed by atoms with Crippen LogP contribution in [-0.4, -0.2) is 60.1 Å². The van der Waals surface area contributed by atoms with Crippen molar-refractivity contribution in [2.75, 3.05) is 27.2 Å². The third-order valence-electron chi connectivity index (χ3n) is 4.95. The average molecular weight is 367 g/mol. The molecule has 0 unspecified atom stereocenters. The molecule has 1 aliphatic rings. The van der Waals surface area contributed by atoms with Crippen molar-refractivity contribution >= 4 is 5.91 Å². The maximum absolute atomic E-state index is 14.4. The van der Waals surface area contributed by atoms with Gasteiger partial charge in [-0.25, -0.2) is 4.39 Å². The fourth-order valence-electron chi connectivity index (χ4n) is 3.79. The maximum Gasteiger partial charge on any atom is 0.238 e. The molecule has 1 N–H and O–H groups in total. The first-order chi connectivity index (χ1) is 13.0. The van der Waals surface area contributed by atoms with Gasteiger partial charge in [0, 0.05) is 11.5 Å². The number of rotatable bonds is 5. The van der Waals surface area contributed by atoms with E-state index in [0.29, 0.717) is 11.1 Å². The first-order valence-electron chi connectivity index (χ1n) is 8.79. The van der Waals surface area contributed by atoms with E-state index in [0.717, 1.165) is 5.56 Å². The zero-order chi connectivity index (χ0) is 19.6. The summed E-state index contributed by atoms with van der Waals surface area (Å²) >= 11 is 0. The highest BCUT2D eigenvalue weighted by atomic mass is 19.1. The quantitative estimate of drug-likeness (QED) is 0.880. The van der Waals surface area contributed by atoms with Crippen molar-refractivity contribution in [3.8, 4) is 17.2 Å². The van der Waals surface area contributed by atoms with E-state index in [9.17, 15) is 19.6 Å². The van der Waals surface area contributed by atoms with Crippen LogP contribution in [0.3, 0.4) is 0 Å². The molecule has 1 saturated heterocycles. The summed E-state index contributed by atoms with van der Waals surface area (Å²) in [6, 6.07) is 14.8. The molecule has 1 heterocycles. The Morgan fingerprint density at radius 2 is 1.81 bits per heavy atom. The van der Waals surface area contributed by atoms with Gasteiger partial charge in [0.05, 0.1) is 25.3 Å². The van der Waals surface area contributed by atoms with Gasteiger partial charge in [0.25, 0.3) is 0 Å². The average Bonchev–Trinajstić information content (AvgIpc) is 2.62. The molecule has 140 valence electrons. The van der Waals surface area contributed by atoms with Crippen molar-refractivity contribution in [2.45, 2.75) is 18.0 Å². The van der Waals surface area contributed by atoms with Crippen molar-refractivity contribution in [2.24, 2.45) is 0 Å². The second-order valence-electron chi connectivity index (χ2n) is 6.96. The fraction of sp³-hybridized carbons (Fsp3) is 0.333. The minimum atomic E-state index is -0.692. The van der Waals surface area contributed by atoms with E-state index in [-0.39, 0.29) is 30.8 Å².